The number of rotatable bonds is 4. The van der Waals surface area contributed by atoms with Crippen LogP contribution in [0.3, 0.4) is 0 Å². The molecule has 0 atom stereocenters. The summed E-state index contributed by atoms with van der Waals surface area (Å²) in [5.41, 5.74) is 1.33. The van der Waals surface area contributed by atoms with Crippen LogP contribution in [0.15, 0.2) is 29.2 Å². The van der Waals surface area contributed by atoms with Crippen molar-refractivity contribution in [2.45, 2.75) is 45.1 Å². The van der Waals surface area contributed by atoms with E-state index in [1.807, 2.05) is 25.7 Å². The van der Waals surface area contributed by atoms with Crippen LogP contribution in [-0.4, -0.2) is 53.6 Å². The van der Waals surface area contributed by atoms with Crippen LogP contribution < -0.4 is 4.90 Å². The Hall–Kier alpha value is -2.46. The van der Waals surface area contributed by atoms with Crippen molar-refractivity contribution in [1.82, 2.24) is 14.1 Å². The van der Waals surface area contributed by atoms with E-state index in [4.69, 9.17) is 0 Å². The maximum Gasteiger partial charge on any atom is 0.292 e. The first-order valence-electron chi connectivity index (χ1n) is 9.50. The molecule has 2 heterocycles. The number of hydrogen-bond donors (Lipinski definition) is 0. The maximum absolute atomic E-state index is 13.3. The summed E-state index contributed by atoms with van der Waals surface area (Å²) in [4.78, 5) is 13.0. The number of aromatic nitrogens is 2. The van der Waals surface area contributed by atoms with Crippen molar-refractivity contribution in [1.29, 1.82) is 0 Å². The molecule has 0 N–H and O–H groups in total. The van der Waals surface area contributed by atoms with Crippen molar-refractivity contribution in [2.75, 3.05) is 31.1 Å². The van der Waals surface area contributed by atoms with Gasteiger partial charge in [-0.2, -0.15) is 9.40 Å². The van der Waals surface area contributed by atoms with Gasteiger partial charge in [0.25, 0.3) is 5.69 Å². The normalized spacial score (nSPS) is 16.2. The molecule has 0 amide bonds. The number of hydrogen-bond acceptors (Lipinski definition) is 6. The van der Waals surface area contributed by atoms with Crippen molar-refractivity contribution in [3.05, 3.63) is 45.8 Å². The molecule has 1 aromatic carbocycles. The molecule has 158 valence electrons. The first-order valence-corrected chi connectivity index (χ1v) is 10.9. The molecule has 0 unspecified atom stereocenters. The fourth-order valence-corrected chi connectivity index (χ4v) is 5.62. The molecule has 29 heavy (non-hydrogen) atoms. The summed E-state index contributed by atoms with van der Waals surface area (Å²) < 4.78 is 29.9. The quantitative estimate of drug-likeness (QED) is 0.556. The number of benzene rings is 1. The molecule has 0 aliphatic carbocycles. The molecule has 9 nitrogen and oxygen atoms in total. The lowest BCUT2D eigenvalue weighted by atomic mass is 10.1. The van der Waals surface area contributed by atoms with E-state index in [0.29, 0.717) is 30.2 Å². The number of sulfonamides is 1. The molecule has 1 fully saturated rings. The van der Waals surface area contributed by atoms with Gasteiger partial charge < -0.3 is 4.90 Å². The van der Waals surface area contributed by atoms with E-state index < -0.39 is 14.9 Å². The highest BCUT2D eigenvalue weighted by Crippen LogP contribution is 2.31. The lowest BCUT2D eigenvalue weighted by Crippen LogP contribution is -2.49. The Balaban J connectivity index is 1.85. The second-order valence-electron chi connectivity index (χ2n) is 8.22. The minimum atomic E-state index is -3.71. The van der Waals surface area contributed by atoms with Crippen molar-refractivity contribution >= 4 is 21.4 Å². The predicted molar refractivity (Wildman–Crippen MR) is 111 cm³/mol. The van der Waals surface area contributed by atoms with Crippen LogP contribution in [0.2, 0.25) is 0 Å². The van der Waals surface area contributed by atoms with E-state index in [0.717, 1.165) is 0 Å². The van der Waals surface area contributed by atoms with E-state index >= 15 is 0 Å². The summed E-state index contributed by atoms with van der Waals surface area (Å²) in [5.74, 6) is 0. The SMILES string of the molecule is Cc1nn(C(C)(C)C)c(C)c1S(=O)(=O)N1CCN(c2ccccc2[N+](=O)[O-])CC1. The topological polar surface area (TPSA) is 102 Å². The molecule has 2 aromatic rings. The molecule has 1 saturated heterocycles. The fraction of sp³-hybridized carbons (Fsp3) is 0.526. The monoisotopic (exact) mass is 421 g/mol. The van der Waals surface area contributed by atoms with Crippen molar-refractivity contribution < 1.29 is 13.3 Å². The Morgan fingerprint density at radius 3 is 2.17 bits per heavy atom. The lowest BCUT2D eigenvalue weighted by Gasteiger charge is -2.35. The van der Waals surface area contributed by atoms with Gasteiger partial charge >= 0.3 is 0 Å². The molecular formula is C19H27N5O4S. The zero-order chi connectivity index (χ0) is 21.6. The van der Waals surface area contributed by atoms with E-state index in [2.05, 4.69) is 5.10 Å². The Morgan fingerprint density at radius 1 is 1.07 bits per heavy atom. The molecule has 10 heteroatoms. The molecule has 1 aromatic heterocycles. The third-order valence-electron chi connectivity index (χ3n) is 5.12. The maximum atomic E-state index is 13.3. The summed E-state index contributed by atoms with van der Waals surface area (Å²) in [5, 5.41) is 15.8. The van der Waals surface area contributed by atoms with Crippen LogP contribution in [0, 0.1) is 24.0 Å². The van der Waals surface area contributed by atoms with E-state index in [9.17, 15) is 18.5 Å². The standard InChI is InChI=1S/C19H27N5O4S/c1-14-18(15(2)23(20-14)19(3,4)5)29(27,28)22-12-10-21(11-13-22)16-8-6-7-9-17(16)24(25)26/h6-9H,10-13H2,1-5H3. The first kappa shape index (κ1) is 21.3. The molecule has 0 bridgehead atoms. The number of aryl methyl sites for hydroxylation is 1. The second-order valence-corrected chi connectivity index (χ2v) is 10.1. The Labute approximate surface area is 171 Å². The molecular weight excluding hydrogens is 394 g/mol. The average Bonchev–Trinajstić information content (AvgIpc) is 2.97. The molecule has 1 aliphatic heterocycles. The predicted octanol–water partition coefficient (Wildman–Crippen LogP) is 2.67. The number of nitro groups is 1. The Morgan fingerprint density at radius 2 is 1.66 bits per heavy atom. The van der Waals surface area contributed by atoms with Crippen molar-refractivity contribution in [3.8, 4) is 0 Å². The lowest BCUT2D eigenvalue weighted by molar-refractivity contribution is -0.384. The fourth-order valence-electron chi connectivity index (χ4n) is 3.84. The highest BCUT2D eigenvalue weighted by Gasteiger charge is 2.35. The van der Waals surface area contributed by atoms with E-state index in [1.165, 1.54) is 10.4 Å². The highest BCUT2D eigenvalue weighted by atomic mass is 32.2. The number of nitro benzene ring substituents is 1. The summed E-state index contributed by atoms with van der Waals surface area (Å²) in [7, 11) is -3.71. The zero-order valence-corrected chi connectivity index (χ0v) is 18.2. The minimum absolute atomic E-state index is 0.0296. The number of para-hydroxylation sites is 2. The number of piperazine rings is 1. The van der Waals surface area contributed by atoms with Gasteiger partial charge in [-0.1, -0.05) is 12.1 Å². The summed E-state index contributed by atoms with van der Waals surface area (Å²) in [6.45, 7) is 10.7. The van der Waals surface area contributed by atoms with Gasteiger partial charge in [0.2, 0.25) is 10.0 Å². The van der Waals surface area contributed by atoms with E-state index in [-0.39, 0.29) is 29.2 Å². The van der Waals surface area contributed by atoms with Crippen LogP contribution in [0.1, 0.15) is 32.2 Å². The van der Waals surface area contributed by atoms with Crippen LogP contribution >= 0.6 is 0 Å². The molecule has 0 spiro atoms. The van der Waals surface area contributed by atoms with Crippen molar-refractivity contribution in [2.24, 2.45) is 0 Å². The average molecular weight is 422 g/mol. The van der Waals surface area contributed by atoms with Crippen molar-refractivity contribution in [3.63, 3.8) is 0 Å². The van der Waals surface area contributed by atoms with E-state index in [1.54, 1.807) is 36.7 Å². The summed E-state index contributed by atoms with van der Waals surface area (Å²) >= 11 is 0. The zero-order valence-electron chi connectivity index (χ0n) is 17.4. The van der Waals surface area contributed by atoms with Gasteiger partial charge in [-0.05, 0) is 40.7 Å². The first-order chi connectivity index (χ1) is 13.4. The van der Waals surface area contributed by atoms with Gasteiger partial charge in [0.15, 0.2) is 0 Å². The Bertz CT molecular complexity index is 1030. The summed E-state index contributed by atoms with van der Waals surface area (Å²) in [6.07, 6.45) is 0. The minimum Gasteiger partial charge on any atom is -0.363 e. The Kier molecular flexibility index (Phi) is 5.44. The van der Waals surface area contributed by atoms with Crippen LogP contribution in [-0.2, 0) is 15.6 Å². The van der Waals surface area contributed by atoms with Crippen LogP contribution in [0.25, 0.3) is 0 Å². The molecule has 1 aliphatic rings. The van der Waals surface area contributed by atoms with Crippen LogP contribution in [0.4, 0.5) is 11.4 Å². The summed E-state index contributed by atoms with van der Waals surface area (Å²) in [6, 6.07) is 6.54. The second kappa shape index (κ2) is 7.42. The van der Waals surface area contributed by atoms with Crippen LogP contribution in [0.5, 0.6) is 0 Å². The number of anilines is 1. The third kappa shape index (κ3) is 3.86. The molecule has 0 saturated carbocycles. The highest BCUT2D eigenvalue weighted by molar-refractivity contribution is 7.89. The van der Waals surface area contributed by atoms with Gasteiger partial charge in [-0.25, -0.2) is 8.42 Å². The van der Waals surface area contributed by atoms with Gasteiger partial charge in [-0.15, -0.1) is 0 Å². The van der Waals surface area contributed by atoms with Gasteiger partial charge in [0.05, 0.1) is 21.9 Å². The third-order valence-corrected chi connectivity index (χ3v) is 7.27. The number of nitrogens with zero attached hydrogens (tertiary/aromatic N) is 5. The smallest absolute Gasteiger partial charge is 0.292 e. The van der Waals surface area contributed by atoms with Gasteiger partial charge in [0, 0.05) is 32.2 Å². The van der Waals surface area contributed by atoms with Gasteiger partial charge in [0.1, 0.15) is 10.6 Å². The largest absolute Gasteiger partial charge is 0.363 e. The molecule has 0 radical (unpaired) electrons. The van der Waals surface area contributed by atoms with Gasteiger partial charge in [-0.3, -0.25) is 14.8 Å². The molecule has 3 rings (SSSR count).